The maximum atomic E-state index is 11.8. The fraction of sp³-hybridized carbons (Fsp3) is 0.529. The van der Waals surface area contributed by atoms with Gasteiger partial charge in [0.25, 0.3) is 5.91 Å². The lowest BCUT2D eigenvalue weighted by atomic mass is 10.1. The van der Waals surface area contributed by atoms with Gasteiger partial charge in [-0.05, 0) is 51.8 Å². The molecule has 0 heterocycles. The molecule has 1 N–H and O–H groups in total. The van der Waals surface area contributed by atoms with Crippen molar-refractivity contribution >= 4 is 11.9 Å². The fourth-order valence-electron chi connectivity index (χ4n) is 1.82. The lowest BCUT2D eigenvalue weighted by Gasteiger charge is -2.23. The molecule has 0 saturated carbocycles. The molecule has 1 aromatic carbocycles. The van der Waals surface area contributed by atoms with E-state index >= 15 is 0 Å². The lowest BCUT2D eigenvalue weighted by molar-refractivity contribution is -0.155. The standard InChI is InChI=1S/C17H25NO4/c1-12(16(20)18-17(2,3)4)22-15(19)11-8-13-6-9-14(21-5)10-7-13/h6-7,9-10,12H,8,11H2,1-5H3,(H,18,20)/t12-/m0/s1. The number of methoxy groups -OCH3 is 1. The van der Waals surface area contributed by atoms with Crippen LogP contribution in [0.4, 0.5) is 0 Å². The molecule has 122 valence electrons. The number of hydrogen-bond donors (Lipinski definition) is 1. The highest BCUT2D eigenvalue weighted by Gasteiger charge is 2.22. The van der Waals surface area contributed by atoms with E-state index in [4.69, 9.17) is 9.47 Å². The second kappa shape index (κ2) is 7.82. The number of hydrogen-bond acceptors (Lipinski definition) is 4. The molecule has 0 radical (unpaired) electrons. The summed E-state index contributed by atoms with van der Waals surface area (Å²) in [6, 6.07) is 7.50. The van der Waals surface area contributed by atoms with Gasteiger partial charge in [-0.3, -0.25) is 9.59 Å². The van der Waals surface area contributed by atoms with Crippen molar-refractivity contribution in [3.05, 3.63) is 29.8 Å². The predicted octanol–water partition coefficient (Wildman–Crippen LogP) is 2.47. The van der Waals surface area contributed by atoms with Gasteiger partial charge in [0.1, 0.15) is 5.75 Å². The minimum absolute atomic E-state index is 0.236. The second-order valence-electron chi connectivity index (χ2n) is 6.22. The Morgan fingerprint density at radius 1 is 1.18 bits per heavy atom. The van der Waals surface area contributed by atoms with Crippen LogP contribution in [0.3, 0.4) is 0 Å². The van der Waals surface area contributed by atoms with Crippen LogP contribution in [0.2, 0.25) is 0 Å². The van der Waals surface area contributed by atoms with Crippen LogP contribution in [0.5, 0.6) is 5.75 Å². The molecular weight excluding hydrogens is 282 g/mol. The van der Waals surface area contributed by atoms with Gasteiger partial charge in [-0.2, -0.15) is 0 Å². The Hall–Kier alpha value is -2.04. The summed E-state index contributed by atoms with van der Waals surface area (Å²) in [6.07, 6.45) is 0.0122. The first-order valence-corrected chi connectivity index (χ1v) is 7.35. The second-order valence-corrected chi connectivity index (χ2v) is 6.22. The molecule has 0 aliphatic carbocycles. The van der Waals surface area contributed by atoms with Crippen LogP contribution >= 0.6 is 0 Å². The number of amides is 1. The summed E-state index contributed by atoms with van der Waals surface area (Å²) in [5, 5.41) is 2.78. The molecule has 0 aliphatic heterocycles. The molecule has 0 aromatic heterocycles. The molecule has 0 bridgehead atoms. The van der Waals surface area contributed by atoms with Crippen LogP contribution in [0.25, 0.3) is 0 Å². The van der Waals surface area contributed by atoms with Gasteiger partial charge in [0.05, 0.1) is 7.11 Å². The maximum absolute atomic E-state index is 11.8. The lowest BCUT2D eigenvalue weighted by Crippen LogP contribution is -2.46. The topological polar surface area (TPSA) is 64.6 Å². The molecule has 5 nitrogen and oxygen atoms in total. The van der Waals surface area contributed by atoms with Crippen molar-refractivity contribution in [2.45, 2.75) is 52.2 Å². The smallest absolute Gasteiger partial charge is 0.306 e. The molecule has 1 aromatic rings. The number of aryl methyl sites for hydroxylation is 1. The summed E-state index contributed by atoms with van der Waals surface area (Å²) >= 11 is 0. The predicted molar refractivity (Wildman–Crippen MR) is 84.8 cm³/mol. The van der Waals surface area contributed by atoms with E-state index in [1.54, 1.807) is 14.0 Å². The molecule has 1 rings (SSSR count). The van der Waals surface area contributed by atoms with Gasteiger partial charge in [0.2, 0.25) is 0 Å². The molecule has 0 unspecified atom stereocenters. The van der Waals surface area contributed by atoms with E-state index in [0.29, 0.717) is 6.42 Å². The highest BCUT2D eigenvalue weighted by Crippen LogP contribution is 2.13. The first-order chi connectivity index (χ1) is 10.2. The van der Waals surface area contributed by atoms with Crippen LogP contribution in [0.1, 0.15) is 39.7 Å². The highest BCUT2D eigenvalue weighted by molar-refractivity contribution is 5.83. The van der Waals surface area contributed by atoms with Gasteiger partial charge in [-0.15, -0.1) is 0 Å². The molecular formula is C17H25NO4. The number of carbonyl (C=O) groups excluding carboxylic acids is 2. The number of esters is 1. The van der Waals surface area contributed by atoms with E-state index in [1.165, 1.54) is 0 Å². The van der Waals surface area contributed by atoms with E-state index in [9.17, 15) is 9.59 Å². The Bertz CT molecular complexity index is 502. The summed E-state index contributed by atoms with van der Waals surface area (Å²) in [6.45, 7) is 7.21. The molecule has 0 fully saturated rings. The van der Waals surface area contributed by atoms with E-state index in [0.717, 1.165) is 11.3 Å². The molecule has 0 spiro atoms. The van der Waals surface area contributed by atoms with E-state index < -0.39 is 6.10 Å². The zero-order valence-electron chi connectivity index (χ0n) is 13.9. The molecule has 0 saturated heterocycles. The Kier molecular flexibility index (Phi) is 6.40. The molecule has 1 atom stereocenters. The number of nitrogens with one attached hydrogen (secondary N) is 1. The number of ether oxygens (including phenoxy) is 2. The van der Waals surface area contributed by atoms with Gasteiger partial charge < -0.3 is 14.8 Å². The van der Waals surface area contributed by atoms with Crippen molar-refractivity contribution in [3.63, 3.8) is 0 Å². The molecule has 0 aliphatic rings. The first-order valence-electron chi connectivity index (χ1n) is 7.35. The number of rotatable bonds is 6. The van der Waals surface area contributed by atoms with Gasteiger partial charge in [-0.1, -0.05) is 12.1 Å². The van der Waals surface area contributed by atoms with Gasteiger partial charge in [0.15, 0.2) is 6.10 Å². The molecule has 22 heavy (non-hydrogen) atoms. The van der Waals surface area contributed by atoms with Crippen molar-refractivity contribution in [2.75, 3.05) is 7.11 Å². The number of carbonyl (C=O) groups is 2. The van der Waals surface area contributed by atoms with Crippen LogP contribution in [0.15, 0.2) is 24.3 Å². The summed E-state index contributed by atoms with van der Waals surface area (Å²) in [5.41, 5.74) is 0.672. The summed E-state index contributed by atoms with van der Waals surface area (Å²) in [5.74, 6) is 0.108. The van der Waals surface area contributed by atoms with Crippen molar-refractivity contribution in [2.24, 2.45) is 0 Å². The maximum Gasteiger partial charge on any atom is 0.306 e. The fourth-order valence-corrected chi connectivity index (χ4v) is 1.82. The van der Waals surface area contributed by atoms with Crippen molar-refractivity contribution in [1.29, 1.82) is 0 Å². The third kappa shape index (κ3) is 6.61. The Balaban J connectivity index is 2.40. The van der Waals surface area contributed by atoms with E-state index in [1.807, 2.05) is 45.0 Å². The zero-order valence-corrected chi connectivity index (χ0v) is 13.9. The third-order valence-corrected chi connectivity index (χ3v) is 2.95. The van der Waals surface area contributed by atoms with Gasteiger partial charge in [0, 0.05) is 12.0 Å². The van der Waals surface area contributed by atoms with Crippen molar-refractivity contribution in [1.82, 2.24) is 5.32 Å². The minimum Gasteiger partial charge on any atom is -0.497 e. The van der Waals surface area contributed by atoms with E-state index in [-0.39, 0.29) is 23.8 Å². The van der Waals surface area contributed by atoms with Gasteiger partial charge in [-0.25, -0.2) is 0 Å². The van der Waals surface area contributed by atoms with Crippen molar-refractivity contribution in [3.8, 4) is 5.75 Å². The Labute approximate surface area is 132 Å². The summed E-state index contributed by atoms with van der Waals surface area (Å²) < 4.78 is 10.2. The molecule has 1 amide bonds. The SMILES string of the molecule is COc1ccc(CCC(=O)O[C@@H](C)C(=O)NC(C)(C)C)cc1. The van der Waals surface area contributed by atoms with Crippen molar-refractivity contribution < 1.29 is 19.1 Å². The van der Waals surface area contributed by atoms with Gasteiger partial charge >= 0.3 is 5.97 Å². The third-order valence-electron chi connectivity index (χ3n) is 2.95. The monoisotopic (exact) mass is 307 g/mol. The quantitative estimate of drug-likeness (QED) is 0.820. The molecule has 5 heteroatoms. The average Bonchev–Trinajstić information content (AvgIpc) is 2.43. The normalized spacial score (nSPS) is 12.4. The van der Waals surface area contributed by atoms with Crippen LogP contribution in [0, 0.1) is 0 Å². The average molecular weight is 307 g/mol. The van der Waals surface area contributed by atoms with Crippen LogP contribution < -0.4 is 10.1 Å². The summed E-state index contributed by atoms with van der Waals surface area (Å²) in [7, 11) is 1.61. The number of benzene rings is 1. The summed E-state index contributed by atoms with van der Waals surface area (Å²) in [4.78, 5) is 23.6. The van der Waals surface area contributed by atoms with Crippen LogP contribution in [-0.4, -0.2) is 30.6 Å². The largest absolute Gasteiger partial charge is 0.497 e. The van der Waals surface area contributed by atoms with E-state index in [2.05, 4.69) is 5.32 Å². The zero-order chi connectivity index (χ0) is 16.8. The Morgan fingerprint density at radius 2 is 1.77 bits per heavy atom. The highest BCUT2D eigenvalue weighted by atomic mass is 16.5. The minimum atomic E-state index is -0.789. The van der Waals surface area contributed by atoms with Crippen LogP contribution in [-0.2, 0) is 20.7 Å². The first kappa shape index (κ1) is 18.0. The Morgan fingerprint density at radius 3 is 2.27 bits per heavy atom.